The predicted octanol–water partition coefficient (Wildman–Crippen LogP) is 2.47. The molecule has 0 unspecified atom stereocenters. The second kappa shape index (κ2) is 4.73. The summed E-state index contributed by atoms with van der Waals surface area (Å²) in [4.78, 5) is 10.1. The van der Waals surface area contributed by atoms with Crippen LogP contribution in [-0.4, -0.2) is 6.29 Å². The number of carbonyl (C=O) groups is 1. The molecule has 2 heteroatoms. The van der Waals surface area contributed by atoms with Crippen molar-refractivity contribution in [1.29, 1.82) is 0 Å². The minimum Gasteiger partial charge on any atom is -0.298 e. The standard InChI is InChI=1S/C7H9IO/c1-6(4-8)3-7(2)5-9/h3-5H,1-2H3. The van der Waals surface area contributed by atoms with Crippen LogP contribution in [0, 0.1) is 0 Å². The van der Waals surface area contributed by atoms with Gasteiger partial charge in [0.2, 0.25) is 0 Å². The summed E-state index contributed by atoms with van der Waals surface area (Å²) in [6, 6.07) is 0. The van der Waals surface area contributed by atoms with E-state index in [4.69, 9.17) is 0 Å². The normalized spacial score (nSPS) is 13.7. The molecular formula is C7H9IO. The fourth-order valence-electron chi connectivity index (χ4n) is 0.425. The lowest BCUT2D eigenvalue weighted by Gasteiger charge is -1.87. The topological polar surface area (TPSA) is 17.1 Å². The minimum atomic E-state index is 0.764. The number of halogens is 1. The molecule has 0 aromatic heterocycles. The number of rotatable bonds is 2. The van der Waals surface area contributed by atoms with Crippen LogP contribution in [0.1, 0.15) is 13.8 Å². The van der Waals surface area contributed by atoms with Crippen LogP contribution in [0.4, 0.5) is 0 Å². The molecule has 50 valence electrons. The lowest BCUT2D eigenvalue weighted by atomic mass is 10.2. The van der Waals surface area contributed by atoms with Gasteiger partial charge in [0.05, 0.1) is 0 Å². The lowest BCUT2D eigenvalue weighted by molar-refractivity contribution is -0.104. The molecule has 0 bridgehead atoms. The van der Waals surface area contributed by atoms with E-state index >= 15 is 0 Å². The highest BCUT2D eigenvalue weighted by Crippen LogP contribution is 2.01. The van der Waals surface area contributed by atoms with Crippen molar-refractivity contribution in [2.24, 2.45) is 0 Å². The summed E-state index contributed by atoms with van der Waals surface area (Å²) in [5.74, 6) is 0. The SMILES string of the molecule is CC(=CI)C=C(C)C=O. The first-order valence-electron chi connectivity index (χ1n) is 2.61. The number of aldehydes is 1. The third-order valence-electron chi connectivity index (χ3n) is 0.813. The first kappa shape index (κ1) is 8.88. The summed E-state index contributed by atoms with van der Waals surface area (Å²) in [7, 11) is 0. The molecule has 0 spiro atoms. The van der Waals surface area contributed by atoms with Crippen molar-refractivity contribution in [3.8, 4) is 0 Å². The van der Waals surface area contributed by atoms with Crippen LogP contribution in [0.15, 0.2) is 21.3 Å². The van der Waals surface area contributed by atoms with Crippen LogP contribution in [0.2, 0.25) is 0 Å². The highest BCUT2D eigenvalue weighted by atomic mass is 127. The van der Waals surface area contributed by atoms with Gasteiger partial charge in [0.15, 0.2) is 0 Å². The van der Waals surface area contributed by atoms with E-state index in [1.807, 2.05) is 17.1 Å². The molecule has 0 rings (SSSR count). The maximum absolute atomic E-state index is 10.1. The average Bonchev–Trinajstić information content (AvgIpc) is 1.87. The Morgan fingerprint density at radius 1 is 1.33 bits per heavy atom. The summed E-state index contributed by atoms with van der Waals surface area (Å²) < 4.78 is 1.94. The van der Waals surface area contributed by atoms with Crippen molar-refractivity contribution in [3.63, 3.8) is 0 Å². The van der Waals surface area contributed by atoms with Crippen LogP contribution in [-0.2, 0) is 4.79 Å². The number of hydrogen-bond acceptors (Lipinski definition) is 1. The average molecular weight is 236 g/mol. The van der Waals surface area contributed by atoms with Crippen molar-refractivity contribution in [3.05, 3.63) is 21.3 Å². The summed E-state index contributed by atoms with van der Waals surface area (Å²) in [6.45, 7) is 3.75. The van der Waals surface area contributed by atoms with Gasteiger partial charge in [0, 0.05) is 0 Å². The molecule has 0 amide bonds. The highest BCUT2D eigenvalue weighted by molar-refractivity contribution is 14.1. The number of carbonyl (C=O) groups excluding carboxylic acids is 1. The summed E-state index contributed by atoms with van der Waals surface area (Å²) >= 11 is 2.14. The molecule has 0 atom stereocenters. The molecular weight excluding hydrogens is 227 g/mol. The second-order valence-electron chi connectivity index (χ2n) is 1.86. The van der Waals surface area contributed by atoms with Crippen LogP contribution in [0.5, 0.6) is 0 Å². The Kier molecular flexibility index (Phi) is 4.67. The molecule has 0 radical (unpaired) electrons. The second-order valence-corrected chi connectivity index (χ2v) is 2.48. The van der Waals surface area contributed by atoms with Crippen LogP contribution >= 0.6 is 22.6 Å². The Morgan fingerprint density at radius 2 is 1.89 bits per heavy atom. The number of allylic oxidation sites excluding steroid dienone is 3. The molecule has 9 heavy (non-hydrogen) atoms. The maximum Gasteiger partial charge on any atom is 0.145 e. The van der Waals surface area contributed by atoms with Gasteiger partial charge in [-0.25, -0.2) is 0 Å². The molecule has 0 aromatic carbocycles. The van der Waals surface area contributed by atoms with E-state index in [1.165, 1.54) is 0 Å². The van der Waals surface area contributed by atoms with Gasteiger partial charge in [-0.1, -0.05) is 28.7 Å². The smallest absolute Gasteiger partial charge is 0.145 e. The Labute approximate surface area is 69.0 Å². The zero-order valence-corrected chi connectivity index (χ0v) is 7.68. The third kappa shape index (κ3) is 4.39. The van der Waals surface area contributed by atoms with Gasteiger partial charge >= 0.3 is 0 Å². The Balaban J connectivity index is 4.11. The van der Waals surface area contributed by atoms with E-state index in [9.17, 15) is 4.79 Å². The van der Waals surface area contributed by atoms with E-state index in [0.717, 1.165) is 17.4 Å². The van der Waals surface area contributed by atoms with Gasteiger partial charge in [0.25, 0.3) is 0 Å². The van der Waals surface area contributed by atoms with E-state index in [-0.39, 0.29) is 0 Å². The van der Waals surface area contributed by atoms with E-state index in [0.29, 0.717) is 0 Å². The van der Waals surface area contributed by atoms with Crippen molar-refractivity contribution < 1.29 is 4.79 Å². The zero-order valence-electron chi connectivity index (χ0n) is 5.52. The molecule has 0 fully saturated rings. The first-order valence-corrected chi connectivity index (χ1v) is 3.85. The largest absolute Gasteiger partial charge is 0.298 e. The number of hydrogen-bond donors (Lipinski definition) is 0. The molecule has 0 N–H and O–H groups in total. The van der Waals surface area contributed by atoms with E-state index in [1.54, 1.807) is 6.92 Å². The first-order chi connectivity index (χ1) is 4.20. The van der Waals surface area contributed by atoms with Crippen LogP contribution in [0.25, 0.3) is 0 Å². The van der Waals surface area contributed by atoms with Crippen molar-refractivity contribution in [2.45, 2.75) is 13.8 Å². The zero-order chi connectivity index (χ0) is 7.28. The Bertz CT molecular complexity index is 156. The Morgan fingerprint density at radius 3 is 2.22 bits per heavy atom. The van der Waals surface area contributed by atoms with E-state index in [2.05, 4.69) is 22.6 Å². The summed E-state index contributed by atoms with van der Waals surface area (Å²) in [5.41, 5.74) is 1.88. The monoisotopic (exact) mass is 236 g/mol. The fraction of sp³-hybridized carbons (Fsp3) is 0.286. The fourth-order valence-corrected chi connectivity index (χ4v) is 0.604. The molecule has 0 aromatic rings. The molecule has 0 aliphatic rings. The van der Waals surface area contributed by atoms with Crippen LogP contribution in [0.3, 0.4) is 0 Å². The highest BCUT2D eigenvalue weighted by Gasteiger charge is 1.83. The van der Waals surface area contributed by atoms with Gasteiger partial charge in [-0.3, -0.25) is 4.79 Å². The van der Waals surface area contributed by atoms with Gasteiger partial charge < -0.3 is 0 Å². The minimum absolute atomic E-state index is 0.764. The third-order valence-corrected chi connectivity index (χ3v) is 1.80. The maximum atomic E-state index is 10.1. The summed E-state index contributed by atoms with van der Waals surface area (Å²) in [5, 5.41) is 0. The van der Waals surface area contributed by atoms with Gasteiger partial charge in [-0.15, -0.1) is 0 Å². The van der Waals surface area contributed by atoms with Crippen molar-refractivity contribution in [2.75, 3.05) is 0 Å². The Hall–Kier alpha value is -0.120. The molecule has 1 nitrogen and oxygen atoms in total. The quantitative estimate of drug-likeness (QED) is 0.311. The molecule has 0 heterocycles. The molecule has 0 saturated heterocycles. The predicted molar refractivity (Wildman–Crippen MR) is 47.6 cm³/mol. The molecule has 0 saturated carbocycles. The van der Waals surface area contributed by atoms with Gasteiger partial charge in [-0.2, -0.15) is 0 Å². The molecule has 0 aliphatic carbocycles. The van der Waals surface area contributed by atoms with Gasteiger partial charge in [-0.05, 0) is 29.1 Å². The lowest BCUT2D eigenvalue weighted by Crippen LogP contribution is -1.75. The summed E-state index contributed by atoms with van der Waals surface area (Å²) in [6.07, 6.45) is 2.70. The molecule has 0 aliphatic heterocycles. The van der Waals surface area contributed by atoms with Gasteiger partial charge in [0.1, 0.15) is 6.29 Å². The van der Waals surface area contributed by atoms with Crippen LogP contribution < -0.4 is 0 Å². The van der Waals surface area contributed by atoms with E-state index < -0.39 is 0 Å². The van der Waals surface area contributed by atoms with Crippen molar-refractivity contribution >= 4 is 28.9 Å². The van der Waals surface area contributed by atoms with Crippen molar-refractivity contribution in [1.82, 2.24) is 0 Å².